The normalized spacial score (nSPS) is 14.5. The van der Waals surface area contributed by atoms with E-state index in [-0.39, 0.29) is 0 Å². The molecule has 0 amide bonds. The van der Waals surface area contributed by atoms with Crippen molar-refractivity contribution >= 4 is 52.1 Å². The molecule has 2 aromatic carbocycles. The first-order chi connectivity index (χ1) is 12.1. The van der Waals surface area contributed by atoms with Gasteiger partial charge in [-0.1, -0.05) is 29.8 Å². The van der Waals surface area contributed by atoms with Crippen LogP contribution in [0.15, 0.2) is 47.4 Å². The van der Waals surface area contributed by atoms with Gasteiger partial charge in [-0.05, 0) is 55.2 Å². The largest absolute Gasteiger partial charge is 0.367 e. The van der Waals surface area contributed by atoms with Gasteiger partial charge in [0.05, 0.1) is 5.69 Å². The molecule has 3 nitrogen and oxygen atoms in total. The first-order valence-corrected chi connectivity index (χ1v) is 10.3. The average Bonchev–Trinajstić information content (AvgIpc) is 2.65. The van der Waals surface area contributed by atoms with Crippen LogP contribution >= 0.6 is 35.6 Å². The summed E-state index contributed by atoms with van der Waals surface area (Å²) in [6.07, 6.45) is 2.13. The van der Waals surface area contributed by atoms with E-state index in [1.807, 2.05) is 25.1 Å². The summed E-state index contributed by atoms with van der Waals surface area (Å²) in [6.45, 7) is 5.76. The maximum absolute atomic E-state index is 6.19. The Morgan fingerprint density at radius 3 is 2.52 bits per heavy atom. The fourth-order valence-electron chi connectivity index (χ4n) is 2.98. The number of thioether (sulfide) groups is 1. The third-order valence-electron chi connectivity index (χ3n) is 4.50. The lowest BCUT2D eigenvalue weighted by atomic mass is 10.2. The smallest absolute Gasteiger partial charge is 0.173 e. The summed E-state index contributed by atoms with van der Waals surface area (Å²) in [4.78, 5) is 6.00. The molecule has 1 aliphatic rings. The van der Waals surface area contributed by atoms with Gasteiger partial charge in [0.1, 0.15) is 0 Å². The van der Waals surface area contributed by atoms with E-state index in [2.05, 4.69) is 45.6 Å². The van der Waals surface area contributed by atoms with Crippen molar-refractivity contribution in [3.8, 4) is 0 Å². The predicted molar refractivity (Wildman–Crippen MR) is 114 cm³/mol. The Morgan fingerprint density at radius 2 is 1.80 bits per heavy atom. The summed E-state index contributed by atoms with van der Waals surface area (Å²) in [6, 6.07) is 14.4. The molecule has 6 heteroatoms. The highest BCUT2D eigenvalue weighted by Crippen LogP contribution is 2.29. The number of nitrogens with zero attached hydrogens (tertiary/aromatic N) is 2. The van der Waals surface area contributed by atoms with Crippen molar-refractivity contribution in [2.45, 2.75) is 11.8 Å². The molecule has 1 fully saturated rings. The van der Waals surface area contributed by atoms with E-state index in [0.29, 0.717) is 0 Å². The van der Waals surface area contributed by atoms with E-state index in [0.717, 1.165) is 47.6 Å². The highest BCUT2D eigenvalue weighted by atomic mass is 35.5. The summed E-state index contributed by atoms with van der Waals surface area (Å²) in [7, 11) is 0. The number of piperazine rings is 1. The molecule has 1 saturated heterocycles. The van der Waals surface area contributed by atoms with Crippen LogP contribution in [0.2, 0.25) is 5.02 Å². The Labute approximate surface area is 164 Å². The molecule has 1 aliphatic heterocycles. The number of halogens is 1. The van der Waals surface area contributed by atoms with Crippen LogP contribution in [0.3, 0.4) is 0 Å². The zero-order chi connectivity index (χ0) is 17.8. The fourth-order valence-corrected chi connectivity index (χ4v) is 4.07. The van der Waals surface area contributed by atoms with E-state index in [1.165, 1.54) is 10.6 Å². The molecule has 3 rings (SSSR count). The molecule has 0 atom stereocenters. The summed E-state index contributed by atoms with van der Waals surface area (Å²) in [5.41, 5.74) is 3.32. The van der Waals surface area contributed by atoms with Crippen LogP contribution in [0.25, 0.3) is 0 Å². The maximum Gasteiger partial charge on any atom is 0.173 e. The molecule has 0 radical (unpaired) electrons. The molecule has 1 N–H and O–H groups in total. The SMILES string of the molecule is CSc1ccccc1N1CCN(C(=S)Nc2cccc(Cl)c2C)CC1. The zero-order valence-electron chi connectivity index (χ0n) is 14.5. The van der Waals surface area contributed by atoms with Crippen LogP contribution in [-0.2, 0) is 0 Å². The molecule has 2 aromatic rings. The molecule has 1 heterocycles. The first-order valence-electron chi connectivity index (χ1n) is 8.29. The lowest BCUT2D eigenvalue weighted by Gasteiger charge is -2.38. The quantitative estimate of drug-likeness (QED) is 0.591. The van der Waals surface area contributed by atoms with Crippen molar-refractivity contribution in [2.75, 3.05) is 42.7 Å². The van der Waals surface area contributed by atoms with Crippen LogP contribution in [0.1, 0.15) is 5.56 Å². The second kappa shape index (κ2) is 8.30. The molecule has 0 spiro atoms. The summed E-state index contributed by atoms with van der Waals surface area (Å²) in [5, 5.41) is 4.87. The lowest BCUT2D eigenvalue weighted by Crippen LogP contribution is -2.50. The van der Waals surface area contributed by atoms with Gasteiger partial charge in [0.2, 0.25) is 0 Å². The Bertz CT molecular complexity index is 758. The number of rotatable bonds is 3. The summed E-state index contributed by atoms with van der Waals surface area (Å²) >= 11 is 13.6. The van der Waals surface area contributed by atoms with Crippen LogP contribution in [0, 0.1) is 6.92 Å². The van der Waals surface area contributed by atoms with E-state index in [9.17, 15) is 0 Å². The van der Waals surface area contributed by atoms with E-state index in [4.69, 9.17) is 23.8 Å². The number of anilines is 2. The number of hydrogen-bond donors (Lipinski definition) is 1. The van der Waals surface area contributed by atoms with Gasteiger partial charge in [-0.2, -0.15) is 0 Å². The van der Waals surface area contributed by atoms with Gasteiger partial charge >= 0.3 is 0 Å². The number of benzene rings is 2. The molecule has 0 aromatic heterocycles. The number of nitrogens with one attached hydrogen (secondary N) is 1. The summed E-state index contributed by atoms with van der Waals surface area (Å²) in [5.74, 6) is 0. The Balaban J connectivity index is 1.62. The van der Waals surface area contributed by atoms with Crippen LogP contribution < -0.4 is 10.2 Å². The molecule has 25 heavy (non-hydrogen) atoms. The van der Waals surface area contributed by atoms with Crippen LogP contribution in [0.4, 0.5) is 11.4 Å². The van der Waals surface area contributed by atoms with Gasteiger partial charge in [-0.15, -0.1) is 11.8 Å². The number of thiocarbonyl (C=S) groups is 1. The molecule has 0 bridgehead atoms. The fraction of sp³-hybridized carbons (Fsp3) is 0.316. The lowest BCUT2D eigenvalue weighted by molar-refractivity contribution is 0.390. The molecule has 132 valence electrons. The van der Waals surface area contributed by atoms with E-state index in [1.54, 1.807) is 11.8 Å². The van der Waals surface area contributed by atoms with Crippen molar-refractivity contribution < 1.29 is 0 Å². The monoisotopic (exact) mass is 391 g/mol. The number of para-hydroxylation sites is 1. The molecule has 0 unspecified atom stereocenters. The third kappa shape index (κ3) is 4.22. The average molecular weight is 392 g/mol. The first kappa shape index (κ1) is 18.4. The Hall–Kier alpha value is -1.43. The predicted octanol–water partition coefficient (Wildman–Crippen LogP) is 4.89. The molecule has 0 saturated carbocycles. The maximum atomic E-state index is 6.19. The van der Waals surface area contributed by atoms with E-state index < -0.39 is 0 Å². The number of hydrogen-bond acceptors (Lipinski definition) is 3. The molecular weight excluding hydrogens is 370 g/mol. The summed E-state index contributed by atoms with van der Waals surface area (Å²) < 4.78 is 0. The minimum atomic E-state index is 0.756. The molecular formula is C19H22ClN3S2. The second-order valence-corrected chi connectivity index (χ2v) is 7.63. The molecule has 0 aliphatic carbocycles. The van der Waals surface area contributed by atoms with Crippen molar-refractivity contribution in [3.05, 3.63) is 53.1 Å². The second-order valence-electron chi connectivity index (χ2n) is 5.99. The minimum absolute atomic E-state index is 0.756. The van der Waals surface area contributed by atoms with Gasteiger partial charge in [-0.25, -0.2) is 0 Å². The highest BCUT2D eigenvalue weighted by molar-refractivity contribution is 7.98. The van der Waals surface area contributed by atoms with Crippen LogP contribution in [-0.4, -0.2) is 42.4 Å². The standard InChI is InChI=1S/C19H22ClN3S2/c1-14-15(20)6-5-7-16(14)21-19(24)23-12-10-22(11-13-23)17-8-3-4-9-18(17)25-2/h3-9H,10-13H2,1-2H3,(H,21,24). The van der Waals surface area contributed by atoms with Gasteiger partial charge in [0.15, 0.2) is 5.11 Å². The van der Waals surface area contributed by atoms with Crippen molar-refractivity contribution in [3.63, 3.8) is 0 Å². The van der Waals surface area contributed by atoms with Crippen molar-refractivity contribution in [1.29, 1.82) is 0 Å². The van der Waals surface area contributed by atoms with Gasteiger partial charge in [0, 0.05) is 41.8 Å². The third-order valence-corrected chi connectivity index (χ3v) is 6.06. The minimum Gasteiger partial charge on any atom is -0.367 e. The van der Waals surface area contributed by atoms with Gasteiger partial charge < -0.3 is 15.1 Å². The van der Waals surface area contributed by atoms with Gasteiger partial charge in [0.25, 0.3) is 0 Å². The Morgan fingerprint density at radius 1 is 1.08 bits per heavy atom. The van der Waals surface area contributed by atoms with Gasteiger partial charge in [-0.3, -0.25) is 0 Å². The highest BCUT2D eigenvalue weighted by Gasteiger charge is 2.21. The van der Waals surface area contributed by atoms with Crippen molar-refractivity contribution in [1.82, 2.24) is 4.90 Å². The zero-order valence-corrected chi connectivity index (χ0v) is 16.8. The Kier molecular flexibility index (Phi) is 6.10. The van der Waals surface area contributed by atoms with Crippen LogP contribution in [0.5, 0.6) is 0 Å². The van der Waals surface area contributed by atoms with Crippen molar-refractivity contribution in [2.24, 2.45) is 0 Å². The van der Waals surface area contributed by atoms with E-state index >= 15 is 0 Å². The topological polar surface area (TPSA) is 18.5 Å².